The summed E-state index contributed by atoms with van der Waals surface area (Å²) in [4.78, 5) is 31.4. The first-order valence-electron chi connectivity index (χ1n) is 8.93. The van der Waals surface area contributed by atoms with Gasteiger partial charge in [-0.15, -0.1) is 0 Å². The van der Waals surface area contributed by atoms with E-state index in [2.05, 4.69) is 4.98 Å². The van der Waals surface area contributed by atoms with Crippen molar-refractivity contribution in [3.63, 3.8) is 0 Å². The van der Waals surface area contributed by atoms with Crippen LogP contribution in [0.5, 0.6) is 0 Å². The molecule has 5 nitrogen and oxygen atoms in total. The van der Waals surface area contributed by atoms with Crippen molar-refractivity contribution >= 4 is 23.6 Å². The average molecular weight is 463 g/mol. The molecule has 166 valence electrons. The van der Waals surface area contributed by atoms with Gasteiger partial charge in [-0.05, 0) is 24.3 Å². The molecular weight excluding hydrogens is 448 g/mol. The van der Waals surface area contributed by atoms with Gasteiger partial charge in [-0.3, -0.25) is 9.59 Å². The maximum absolute atomic E-state index is 13.2. The van der Waals surface area contributed by atoms with Crippen LogP contribution in [-0.2, 0) is 6.18 Å². The molecule has 1 aliphatic heterocycles. The van der Waals surface area contributed by atoms with Crippen LogP contribution >= 0.6 is 11.8 Å². The highest BCUT2D eigenvalue weighted by Gasteiger charge is 2.37. The normalized spacial score (nSPS) is 15.2. The van der Waals surface area contributed by atoms with Crippen LogP contribution in [-0.4, -0.2) is 58.3 Å². The Morgan fingerprint density at radius 3 is 1.87 bits per heavy atom. The minimum Gasteiger partial charge on any atom is -0.335 e. The van der Waals surface area contributed by atoms with E-state index in [1.807, 2.05) is 0 Å². The number of thioether (sulfide) groups is 1. The minimum absolute atomic E-state index is 0.0379. The molecule has 0 unspecified atom stereocenters. The number of hydrogen-bond acceptors (Lipinski definition) is 4. The molecule has 0 spiro atoms. The number of alkyl halides is 6. The van der Waals surface area contributed by atoms with Crippen molar-refractivity contribution in [3.8, 4) is 0 Å². The topological polar surface area (TPSA) is 53.5 Å². The molecule has 1 aromatic carbocycles. The number of aromatic nitrogens is 1. The lowest BCUT2D eigenvalue weighted by Crippen LogP contribution is -2.51. The van der Waals surface area contributed by atoms with Gasteiger partial charge in [-0.1, -0.05) is 12.1 Å². The molecule has 1 aliphatic rings. The Kier molecular flexibility index (Phi) is 6.48. The first-order valence-corrected chi connectivity index (χ1v) is 9.74. The van der Waals surface area contributed by atoms with Crippen molar-refractivity contribution < 1.29 is 35.9 Å². The molecule has 0 atom stereocenters. The monoisotopic (exact) mass is 463 g/mol. The fourth-order valence-electron chi connectivity index (χ4n) is 3.11. The molecule has 2 amide bonds. The van der Waals surface area contributed by atoms with Crippen molar-refractivity contribution in [2.45, 2.75) is 16.7 Å². The van der Waals surface area contributed by atoms with Crippen LogP contribution in [0.25, 0.3) is 0 Å². The van der Waals surface area contributed by atoms with Gasteiger partial charge in [0.1, 0.15) is 5.03 Å². The first kappa shape index (κ1) is 22.9. The van der Waals surface area contributed by atoms with Gasteiger partial charge in [0.05, 0.1) is 16.7 Å². The summed E-state index contributed by atoms with van der Waals surface area (Å²) in [5.74, 6) is -1.52. The lowest BCUT2D eigenvalue weighted by molar-refractivity contribution is -0.138. The highest BCUT2D eigenvalue weighted by Crippen LogP contribution is 2.37. The summed E-state index contributed by atoms with van der Waals surface area (Å²) >= 11 is -0.503. The summed E-state index contributed by atoms with van der Waals surface area (Å²) in [6, 6.07) is 6.96. The van der Waals surface area contributed by atoms with Crippen LogP contribution in [0.15, 0.2) is 47.6 Å². The Hall–Kier alpha value is -2.76. The van der Waals surface area contributed by atoms with Crippen molar-refractivity contribution in [1.29, 1.82) is 0 Å². The van der Waals surface area contributed by atoms with Gasteiger partial charge in [-0.2, -0.15) is 26.3 Å². The Morgan fingerprint density at radius 1 is 0.806 bits per heavy atom. The smallest absolute Gasteiger partial charge is 0.335 e. The summed E-state index contributed by atoms with van der Waals surface area (Å²) in [6.07, 6.45) is -3.56. The molecule has 3 rings (SSSR count). The fraction of sp³-hybridized carbons (Fsp3) is 0.316. The van der Waals surface area contributed by atoms with Crippen LogP contribution in [0.2, 0.25) is 0 Å². The highest BCUT2D eigenvalue weighted by molar-refractivity contribution is 8.00. The van der Waals surface area contributed by atoms with Gasteiger partial charge in [0.2, 0.25) is 0 Å². The van der Waals surface area contributed by atoms with Gasteiger partial charge in [0, 0.05) is 44.1 Å². The first-order chi connectivity index (χ1) is 14.5. The molecule has 1 aromatic heterocycles. The van der Waals surface area contributed by atoms with E-state index in [-0.39, 0.29) is 31.7 Å². The summed E-state index contributed by atoms with van der Waals surface area (Å²) in [5, 5.41) is -0.488. The second kappa shape index (κ2) is 8.77. The molecule has 1 fully saturated rings. The summed E-state index contributed by atoms with van der Waals surface area (Å²) in [7, 11) is 0. The second-order valence-corrected chi connectivity index (χ2v) is 7.59. The number of nitrogens with zero attached hydrogens (tertiary/aromatic N) is 3. The number of piperazine rings is 1. The fourth-order valence-corrected chi connectivity index (χ4v) is 3.71. The number of halogens is 6. The van der Waals surface area contributed by atoms with Gasteiger partial charge in [-0.25, -0.2) is 4.98 Å². The van der Waals surface area contributed by atoms with Gasteiger partial charge < -0.3 is 9.80 Å². The van der Waals surface area contributed by atoms with Crippen molar-refractivity contribution in [1.82, 2.24) is 14.8 Å². The summed E-state index contributed by atoms with van der Waals surface area (Å²) < 4.78 is 77.7. The number of hydrogen-bond donors (Lipinski definition) is 0. The largest absolute Gasteiger partial charge is 0.447 e. The number of carbonyl (C=O) groups excluding carboxylic acids is 2. The van der Waals surface area contributed by atoms with Crippen LogP contribution in [0.1, 0.15) is 26.3 Å². The van der Waals surface area contributed by atoms with Gasteiger partial charge in [0.15, 0.2) is 0 Å². The standard InChI is InChI=1S/C19H15F6N3O2S/c20-18(21,22)14-6-2-1-4-12(14)16(29)27-8-10-28(11-9-27)17(30)13-5-3-7-26-15(13)31-19(23,24)25/h1-7H,8-11H2. The highest BCUT2D eigenvalue weighted by atomic mass is 32.2. The molecule has 2 aromatic rings. The predicted octanol–water partition coefficient (Wildman–Crippen LogP) is 4.31. The lowest BCUT2D eigenvalue weighted by Gasteiger charge is -2.35. The molecule has 0 saturated carbocycles. The van der Waals surface area contributed by atoms with Gasteiger partial charge >= 0.3 is 11.7 Å². The Balaban J connectivity index is 1.71. The molecule has 12 heteroatoms. The van der Waals surface area contributed by atoms with Crippen LogP contribution in [0, 0.1) is 0 Å². The zero-order valence-corrected chi connectivity index (χ0v) is 16.5. The van der Waals surface area contributed by atoms with Gasteiger partial charge in [0.25, 0.3) is 11.8 Å². The van der Waals surface area contributed by atoms with E-state index in [9.17, 15) is 35.9 Å². The van der Waals surface area contributed by atoms with E-state index in [1.165, 1.54) is 34.1 Å². The van der Waals surface area contributed by atoms with E-state index in [1.54, 1.807) is 0 Å². The molecule has 0 N–H and O–H groups in total. The number of benzene rings is 1. The third kappa shape index (κ3) is 5.49. The second-order valence-electron chi connectivity index (χ2n) is 6.53. The van der Waals surface area contributed by atoms with E-state index < -0.39 is 51.4 Å². The van der Waals surface area contributed by atoms with E-state index in [0.717, 1.165) is 18.3 Å². The van der Waals surface area contributed by atoms with E-state index in [0.29, 0.717) is 0 Å². The molecule has 2 heterocycles. The summed E-state index contributed by atoms with van der Waals surface area (Å²) in [5.41, 5.74) is -6.40. The van der Waals surface area contributed by atoms with Crippen molar-refractivity contribution in [2.75, 3.05) is 26.2 Å². The van der Waals surface area contributed by atoms with Crippen LogP contribution in [0.3, 0.4) is 0 Å². The van der Waals surface area contributed by atoms with Crippen molar-refractivity contribution in [2.24, 2.45) is 0 Å². The Morgan fingerprint density at radius 2 is 1.32 bits per heavy atom. The number of amides is 2. The third-order valence-corrected chi connectivity index (χ3v) is 5.28. The quantitative estimate of drug-likeness (QED) is 0.503. The van der Waals surface area contributed by atoms with Crippen LogP contribution < -0.4 is 0 Å². The molecular formula is C19H15F6N3O2S. The van der Waals surface area contributed by atoms with E-state index in [4.69, 9.17) is 0 Å². The number of rotatable bonds is 3. The predicted molar refractivity (Wildman–Crippen MR) is 99.4 cm³/mol. The molecule has 0 aliphatic carbocycles. The Labute approximate surface area is 177 Å². The average Bonchev–Trinajstić information content (AvgIpc) is 2.71. The Bertz CT molecular complexity index is 972. The maximum Gasteiger partial charge on any atom is 0.447 e. The molecule has 1 saturated heterocycles. The third-order valence-electron chi connectivity index (χ3n) is 4.53. The zero-order chi connectivity index (χ0) is 22.8. The van der Waals surface area contributed by atoms with Crippen molar-refractivity contribution in [3.05, 3.63) is 59.3 Å². The molecule has 0 bridgehead atoms. The van der Waals surface area contributed by atoms with E-state index >= 15 is 0 Å². The number of pyridine rings is 1. The number of carbonyl (C=O) groups is 2. The SMILES string of the molecule is O=C(c1ccccc1C(F)(F)F)N1CCN(C(=O)c2cccnc2SC(F)(F)F)CC1. The van der Waals surface area contributed by atoms with Crippen LogP contribution in [0.4, 0.5) is 26.3 Å². The molecule has 0 radical (unpaired) electrons. The lowest BCUT2D eigenvalue weighted by atomic mass is 10.1. The maximum atomic E-state index is 13.2. The zero-order valence-electron chi connectivity index (χ0n) is 15.7. The summed E-state index contributed by atoms with van der Waals surface area (Å²) in [6.45, 7) is -0.189. The minimum atomic E-state index is -4.70. The molecule has 31 heavy (non-hydrogen) atoms.